The monoisotopic (exact) mass is 1050 g/mol. The van der Waals surface area contributed by atoms with Gasteiger partial charge in [0.1, 0.15) is 13.2 Å². The fourth-order valence-electron chi connectivity index (χ4n) is 7.78. The molecule has 0 aromatic heterocycles. The predicted molar refractivity (Wildman–Crippen MR) is 329 cm³/mol. The molecule has 6 nitrogen and oxygen atoms in total. The van der Waals surface area contributed by atoms with Crippen LogP contribution in [0.15, 0.2) is 158 Å². The van der Waals surface area contributed by atoms with Gasteiger partial charge in [-0.2, -0.15) is 0 Å². The average Bonchev–Trinajstić information content (AvgIpc) is 3.42. The van der Waals surface area contributed by atoms with Crippen molar-refractivity contribution >= 4 is 17.9 Å². The molecule has 0 radical (unpaired) electrons. The van der Waals surface area contributed by atoms with Crippen LogP contribution in [0.4, 0.5) is 0 Å². The minimum atomic E-state index is -0.820. The lowest BCUT2D eigenvalue weighted by Crippen LogP contribution is -2.30. The first kappa shape index (κ1) is 71.0. The number of esters is 3. The molecule has 0 saturated carbocycles. The minimum Gasteiger partial charge on any atom is -0.462 e. The van der Waals surface area contributed by atoms with Gasteiger partial charge in [-0.3, -0.25) is 14.4 Å². The first-order chi connectivity index (χ1) is 37.5. The zero-order valence-corrected chi connectivity index (χ0v) is 48.7. The summed E-state index contributed by atoms with van der Waals surface area (Å²) in [5.74, 6) is -0.994. The molecule has 0 aliphatic carbocycles. The zero-order chi connectivity index (χ0) is 55.0. The number of rotatable bonds is 53. The van der Waals surface area contributed by atoms with E-state index in [0.717, 1.165) is 135 Å². The Hall–Kier alpha value is -4.97. The maximum Gasteiger partial charge on any atom is 0.306 e. The van der Waals surface area contributed by atoms with Gasteiger partial charge in [-0.1, -0.05) is 256 Å². The Balaban J connectivity index is 4.50. The third-order valence-corrected chi connectivity index (χ3v) is 12.3. The Morgan fingerprint density at radius 2 is 0.513 bits per heavy atom. The number of hydrogen-bond donors (Lipinski definition) is 0. The molecule has 6 heteroatoms. The summed E-state index contributed by atoms with van der Waals surface area (Å²) in [6, 6.07) is 0. The van der Waals surface area contributed by atoms with Crippen LogP contribution in [0.5, 0.6) is 0 Å². The lowest BCUT2D eigenvalue weighted by Gasteiger charge is -2.18. The summed E-state index contributed by atoms with van der Waals surface area (Å²) in [6.07, 6.45) is 91.0. The van der Waals surface area contributed by atoms with Crippen molar-refractivity contribution < 1.29 is 28.6 Å². The quantitative estimate of drug-likeness (QED) is 0.0261. The molecule has 0 aliphatic rings. The largest absolute Gasteiger partial charge is 0.462 e. The fraction of sp³-hybridized carbons (Fsp3) is 0.586. The zero-order valence-electron chi connectivity index (χ0n) is 48.7. The van der Waals surface area contributed by atoms with E-state index < -0.39 is 6.10 Å². The molecule has 0 fully saturated rings. The standard InChI is InChI=1S/C70H110O6/c1-4-7-10-13-16-19-22-25-27-29-31-32-33-34-35-36-37-38-40-41-43-45-48-51-54-57-60-63-69(72)75-66-67(65-74-68(71)62-59-56-53-50-47-24-21-18-15-12-9-6-3)76-70(73)64-61-58-55-52-49-46-44-42-39-30-28-26-23-20-17-14-11-8-5-2/h7-8,10-11,16-17,19-20,25-28,31-32,34-35,37-39,41-43,46,48-49,51,67H,4-6,9,12-15,18,21-24,29-30,33,36,40,44-45,47,50,52-66H2,1-3H3/b10-7-,11-8-,19-16-,20-17-,27-25-,28-26-,32-31-,35-34-,38-37-,42-39-,43-41-,49-46-,51-48-. The van der Waals surface area contributed by atoms with E-state index >= 15 is 0 Å². The van der Waals surface area contributed by atoms with Gasteiger partial charge >= 0.3 is 17.9 Å². The van der Waals surface area contributed by atoms with Crippen LogP contribution in [0.2, 0.25) is 0 Å². The number of allylic oxidation sites excluding steroid dienone is 26. The summed E-state index contributed by atoms with van der Waals surface area (Å²) in [7, 11) is 0. The van der Waals surface area contributed by atoms with Gasteiger partial charge in [-0.05, 0) is 128 Å². The summed E-state index contributed by atoms with van der Waals surface area (Å²) in [5.41, 5.74) is 0. The van der Waals surface area contributed by atoms with Crippen LogP contribution in [0.3, 0.4) is 0 Å². The molecule has 0 aromatic carbocycles. The SMILES string of the molecule is CC/C=C\C/C=C\C/C=C\C/C=C\C/C=C\C/C=C\C/C=C\C/C=C\CCCCC(=O)OCC(COC(=O)CCCCCCCCCCCCCC)OC(=O)CCCCC/C=C\C/C=C\C/C=C\C/C=C\C/C=C\CC. The lowest BCUT2D eigenvalue weighted by atomic mass is 10.0. The molecule has 0 N–H and O–H groups in total. The molecule has 0 saturated heterocycles. The molecule has 0 spiro atoms. The molecule has 0 aromatic rings. The van der Waals surface area contributed by atoms with Crippen LogP contribution < -0.4 is 0 Å². The van der Waals surface area contributed by atoms with Gasteiger partial charge in [0.05, 0.1) is 0 Å². The number of ether oxygens (including phenoxy) is 3. The molecule has 76 heavy (non-hydrogen) atoms. The molecular formula is C70H110O6. The molecule has 0 heterocycles. The van der Waals surface area contributed by atoms with Gasteiger partial charge in [0.2, 0.25) is 0 Å². The maximum atomic E-state index is 12.9. The molecular weight excluding hydrogens is 937 g/mol. The van der Waals surface area contributed by atoms with Crippen molar-refractivity contribution in [2.75, 3.05) is 13.2 Å². The molecule has 1 atom stereocenters. The van der Waals surface area contributed by atoms with Crippen molar-refractivity contribution in [3.05, 3.63) is 158 Å². The molecule has 0 bridgehead atoms. The van der Waals surface area contributed by atoms with Crippen molar-refractivity contribution in [1.29, 1.82) is 0 Å². The van der Waals surface area contributed by atoms with Crippen LogP contribution in [-0.4, -0.2) is 37.2 Å². The summed E-state index contributed by atoms with van der Waals surface area (Å²) >= 11 is 0. The highest BCUT2D eigenvalue weighted by atomic mass is 16.6. The van der Waals surface area contributed by atoms with E-state index in [1.165, 1.54) is 57.8 Å². The number of hydrogen-bond acceptors (Lipinski definition) is 6. The maximum absolute atomic E-state index is 12.9. The second kappa shape index (κ2) is 62.6. The first-order valence-corrected chi connectivity index (χ1v) is 30.5. The predicted octanol–water partition coefficient (Wildman–Crippen LogP) is 20.9. The van der Waals surface area contributed by atoms with Crippen LogP contribution in [0, 0.1) is 0 Å². The van der Waals surface area contributed by atoms with Gasteiger partial charge in [0, 0.05) is 19.3 Å². The van der Waals surface area contributed by atoms with E-state index in [9.17, 15) is 14.4 Å². The van der Waals surface area contributed by atoms with Gasteiger partial charge in [0.25, 0.3) is 0 Å². The number of carbonyl (C=O) groups excluding carboxylic acids is 3. The number of carbonyl (C=O) groups is 3. The lowest BCUT2D eigenvalue weighted by molar-refractivity contribution is -0.167. The second-order valence-corrected chi connectivity index (χ2v) is 19.5. The Kier molecular flexibility index (Phi) is 58.5. The topological polar surface area (TPSA) is 78.9 Å². The van der Waals surface area contributed by atoms with E-state index in [1.807, 2.05) is 0 Å². The van der Waals surface area contributed by atoms with Gasteiger partial charge in [0.15, 0.2) is 6.10 Å². The van der Waals surface area contributed by atoms with Crippen LogP contribution in [-0.2, 0) is 28.6 Å². The second-order valence-electron chi connectivity index (χ2n) is 19.5. The molecule has 0 amide bonds. The molecule has 1 unspecified atom stereocenters. The van der Waals surface area contributed by atoms with E-state index in [4.69, 9.17) is 14.2 Å². The molecule has 0 aliphatic heterocycles. The summed E-state index contributed by atoms with van der Waals surface area (Å²) < 4.78 is 16.8. The molecule has 426 valence electrons. The highest BCUT2D eigenvalue weighted by molar-refractivity contribution is 5.71. The van der Waals surface area contributed by atoms with E-state index in [0.29, 0.717) is 19.3 Å². The smallest absolute Gasteiger partial charge is 0.306 e. The van der Waals surface area contributed by atoms with Crippen molar-refractivity contribution in [2.45, 2.75) is 252 Å². The summed E-state index contributed by atoms with van der Waals surface area (Å²) in [4.78, 5) is 38.2. The Morgan fingerprint density at radius 1 is 0.276 bits per heavy atom. The van der Waals surface area contributed by atoms with Crippen LogP contribution in [0.1, 0.15) is 245 Å². The van der Waals surface area contributed by atoms with Crippen molar-refractivity contribution in [1.82, 2.24) is 0 Å². The fourth-order valence-corrected chi connectivity index (χ4v) is 7.78. The van der Waals surface area contributed by atoms with Crippen molar-refractivity contribution in [3.8, 4) is 0 Å². The highest BCUT2D eigenvalue weighted by Crippen LogP contribution is 2.14. The average molecular weight is 1050 g/mol. The van der Waals surface area contributed by atoms with E-state index in [2.05, 4.69) is 179 Å². The number of unbranched alkanes of at least 4 members (excludes halogenated alkanes) is 16. The van der Waals surface area contributed by atoms with Gasteiger partial charge < -0.3 is 14.2 Å². The van der Waals surface area contributed by atoms with Gasteiger partial charge in [-0.15, -0.1) is 0 Å². The Morgan fingerprint density at radius 3 is 0.829 bits per heavy atom. The normalized spacial score (nSPS) is 13.2. The third-order valence-electron chi connectivity index (χ3n) is 12.3. The van der Waals surface area contributed by atoms with Crippen molar-refractivity contribution in [2.24, 2.45) is 0 Å². The van der Waals surface area contributed by atoms with Gasteiger partial charge in [-0.25, -0.2) is 0 Å². The van der Waals surface area contributed by atoms with E-state index in [1.54, 1.807) is 0 Å². The minimum absolute atomic E-state index is 0.110. The Labute approximate surface area is 467 Å². The van der Waals surface area contributed by atoms with Crippen molar-refractivity contribution in [3.63, 3.8) is 0 Å². The Bertz CT molecular complexity index is 1720. The molecule has 0 rings (SSSR count). The summed E-state index contributed by atoms with van der Waals surface area (Å²) in [6.45, 7) is 6.33. The first-order valence-electron chi connectivity index (χ1n) is 30.5. The van der Waals surface area contributed by atoms with Crippen LogP contribution in [0.25, 0.3) is 0 Å². The highest BCUT2D eigenvalue weighted by Gasteiger charge is 2.19. The summed E-state index contributed by atoms with van der Waals surface area (Å²) in [5, 5.41) is 0. The third kappa shape index (κ3) is 59.9. The van der Waals surface area contributed by atoms with E-state index in [-0.39, 0.29) is 44.0 Å². The van der Waals surface area contributed by atoms with Crippen LogP contribution >= 0.6 is 0 Å².